The molecule has 0 saturated carbocycles. The number of benzene rings is 1. The van der Waals surface area contributed by atoms with Crippen LogP contribution in [0, 0.1) is 9.49 Å². The van der Waals surface area contributed by atoms with Crippen molar-refractivity contribution >= 4 is 62.3 Å². The van der Waals surface area contributed by atoms with Crippen LogP contribution in [0.1, 0.15) is 25.5 Å². The highest BCUT2D eigenvalue weighted by Crippen LogP contribution is 2.34. The Hall–Kier alpha value is -2.73. The Morgan fingerprint density at radius 1 is 1.18 bits per heavy atom. The molecular weight excluding hydrogens is 563 g/mol. The van der Waals surface area contributed by atoms with Crippen LogP contribution >= 0.6 is 33.9 Å². The van der Waals surface area contributed by atoms with Crippen LogP contribution in [0.25, 0.3) is 16.9 Å². The van der Waals surface area contributed by atoms with E-state index in [1.165, 1.54) is 3.57 Å². The minimum Gasteiger partial charge on any atom is -0.481 e. The molecule has 5 rings (SSSR count). The number of aromatic nitrogens is 4. The van der Waals surface area contributed by atoms with E-state index in [1.54, 1.807) is 11.3 Å². The first kappa shape index (κ1) is 23.0. The van der Waals surface area contributed by atoms with Gasteiger partial charge < -0.3 is 14.9 Å². The number of carboxylic acid groups (broad SMARTS) is 1. The van der Waals surface area contributed by atoms with E-state index in [2.05, 4.69) is 69.0 Å². The van der Waals surface area contributed by atoms with E-state index in [9.17, 15) is 9.90 Å². The van der Waals surface area contributed by atoms with E-state index in [0.29, 0.717) is 25.9 Å². The van der Waals surface area contributed by atoms with E-state index in [4.69, 9.17) is 15.1 Å². The number of hydrogen-bond donors (Lipinski definition) is 1. The quantitative estimate of drug-likeness (QED) is 0.314. The molecule has 0 amide bonds. The molecule has 0 unspecified atom stereocenters. The predicted molar refractivity (Wildman–Crippen MR) is 143 cm³/mol. The van der Waals surface area contributed by atoms with Gasteiger partial charge in [-0.05, 0) is 66.1 Å². The van der Waals surface area contributed by atoms with Gasteiger partial charge in [0, 0.05) is 34.7 Å². The van der Waals surface area contributed by atoms with Crippen molar-refractivity contribution in [3.63, 3.8) is 0 Å². The number of nitrogens with zero attached hydrogens (tertiary/aromatic N) is 6. The van der Waals surface area contributed by atoms with Crippen LogP contribution < -0.4 is 9.80 Å². The molecule has 3 aromatic heterocycles. The highest BCUT2D eigenvalue weighted by Gasteiger charge is 2.26. The number of carbonyl (C=O) groups is 1. The molecular formula is C24H25IN6O2S. The first-order valence-corrected chi connectivity index (χ1v) is 13.2. The lowest BCUT2D eigenvalue weighted by Crippen LogP contribution is -2.37. The normalized spacial score (nSPS) is 14.6. The highest BCUT2D eigenvalue weighted by molar-refractivity contribution is 14.1. The molecule has 1 fully saturated rings. The lowest BCUT2D eigenvalue weighted by Gasteiger charge is -2.30. The Morgan fingerprint density at radius 3 is 2.59 bits per heavy atom. The summed E-state index contributed by atoms with van der Waals surface area (Å²) in [7, 11) is 2.01. The maximum absolute atomic E-state index is 11.3. The fraction of sp³-hybridized carbons (Fsp3) is 0.333. The molecule has 1 aromatic carbocycles. The summed E-state index contributed by atoms with van der Waals surface area (Å²) in [6.07, 6.45) is 2.04. The van der Waals surface area contributed by atoms with Gasteiger partial charge in [0.1, 0.15) is 5.82 Å². The number of rotatable bonds is 6. The van der Waals surface area contributed by atoms with E-state index >= 15 is 0 Å². The van der Waals surface area contributed by atoms with Crippen LogP contribution in [0.3, 0.4) is 0 Å². The summed E-state index contributed by atoms with van der Waals surface area (Å²) in [6, 6.07) is 12.3. The molecule has 176 valence electrons. The minimum absolute atomic E-state index is 0.270. The molecule has 1 saturated heterocycles. The molecule has 10 heteroatoms. The summed E-state index contributed by atoms with van der Waals surface area (Å²) >= 11 is 3.90. The Bertz CT molecular complexity index is 1330. The standard InChI is InChI=1S/C24H25IN6O2S/c1-3-18-22(29(2)24-27-19(14-34-24)15-4-6-17(25)7-5-15)31-20(26-18)8-9-21(28-31)30-12-10-16(11-13-30)23(32)33/h4-9,14,16H,3,10-13H2,1-2H3,(H,32,33). The maximum atomic E-state index is 11.3. The Kier molecular flexibility index (Phi) is 6.43. The van der Waals surface area contributed by atoms with Crippen molar-refractivity contribution in [2.75, 3.05) is 29.9 Å². The third kappa shape index (κ3) is 4.36. The van der Waals surface area contributed by atoms with Crippen LogP contribution in [0.2, 0.25) is 0 Å². The summed E-state index contributed by atoms with van der Waals surface area (Å²) in [5.74, 6) is 0.768. The zero-order valence-electron chi connectivity index (χ0n) is 19.0. The highest BCUT2D eigenvalue weighted by atomic mass is 127. The molecule has 4 heterocycles. The number of carboxylic acids is 1. The predicted octanol–water partition coefficient (Wildman–Crippen LogP) is 5.09. The maximum Gasteiger partial charge on any atom is 0.306 e. The first-order chi connectivity index (χ1) is 16.4. The fourth-order valence-corrected chi connectivity index (χ4v) is 5.48. The van der Waals surface area contributed by atoms with E-state index < -0.39 is 5.97 Å². The lowest BCUT2D eigenvalue weighted by atomic mass is 9.97. The van der Waals surface area contributed by atoms with E-state index in [0.717, 1.165) is 45.8 Å². The van der Waals surface area contributed by atoms with Crippen molar-refractivity contribution in [3.05, 3.63) is 51.0 Å². The number of hydrogen-bond acceptors (Lipinski definition) is 7. The average molecular weight is 588 g/mol. The van der Waals surface area contributed by atoms with Gasteiger partial charge in [0.05, 0.1) is 17.3 Å². The molecule has 0 aliphatic carbocycles. The van der Waals surface area contributed by atoms with E-state index in [1.807, 2.05) is 23.7 Å². The van der Waals surface area contributed by atoms with Gasteiger partial charge in [-0.15, -0.1) is 16.4 Å². The molecule has 1 aliphatic heterocycles. The van der Waals surface area contributed by atoms with Crippen molar-refractivity contribution in [2.24, 2.45) is 5.92 Å². The van der Waals surface area contributed by atoms with Crippen LogP contribution in [-0.4, -0.2) is 50.8 Å². The van der Waals surface area contributed by atoms with Crippen LogP contribution in [0.15, 0.2) is 41.8 Å². The second-order valence-electron chi connectivity index (χ2n) is 8.38. The number of halogens is 1. The van der Waals surface area contributed by atoms with Gasteiger partial charge >= 0.3 is 5.97 Å². The summed E-state index contributed by atoms with van der Waals surface area (Å²) in [4.78, 5) is 25.2. The Labute approximate surface area is 215 Å². The summed E-state index contributed by atoms with van der Waals surface area (Å²) in [5.41, 5.74) is 3.79. The van der Waals surface area contributed by atoms with E-state index in [-0.39, 0.29) is 5.92 Å². The Balaban J connectivity index is 1.47. The first-order valence-electron chi connectivity index (χ1n) is 11.3. The number of anilines is 3. The molecule has 34 heavy (non-hydrogen) atoms. The molecule has 0 spiro atoms. The number of imidazole rings is 1. The summed E-state index contributed by atoms with van der Waals surface area (Å²) < 4.78 is 3.09. The van der Waals surface area contributed by atoms with Gasteiger partial charge in [-0.25, -0.2) is 9.97 Å². The van der Waals surface area contributed by atoms with Gasteiger partial charge in [-0.3, -0.25) is 4.79 Å². The summed E-state index contributed by atoms with van der Waals surface area (Å²) in [6.45, 7) is 3.46. The van der Waals surface area contributed by atoms with Crippen molar-refractivity contribution in [1.82, 2.24) is 19.6 Å². The number of fused-ring (bicyclic) bond motifs is 1. The number of aryl methyl sites for hydroxylation is 1. The number of piperidine rings is 1. The summed E-state index contributed by atoms with van der Waals surface area (Å²) in [5, 5.41) is 17.2. The SMILES string of the molecule is CCc1nc2ccc(N3CCC(C(=O)O)CC3)nn2c1N(C)c1nc(-c2ccc(I)cc2)cs1. The van der Waals surface area contributed by atoms with Gasteiger partial charge in [0.15, 0.2) is 16.6 Å². The Morgan fingerprint density at radius 2 is 1.91 bits per heavy atom. The van der Waals surface area contributed by atoms with Crippen molar-refractivity contribution in [1.29, 1.82) is 0 Å². The third-order valence-electron chi connectivity index (χ3n) is 6.25. The molecule has 1 N–H and O–H groups in total. The molecule has 1 aliphatic rings. The van der Waals surface area contributed by atoms with Crippen molar-refractivity contribution in [2.45, 2.75) is 26.2 Å². The third-order valence-corrected chi connectivity index (χ3v) is 7.89. The molecule has 8 nitrogen and oxygen atoms in total. The second kappa shape index (κ2) is 9.49. The molecule has 4 aromatic rings. The molecule has 0 bridgehead atoms. The molecule has 0 atom stereocenters. The molecule has 0 radical (unpaired) electrons. The monoisotopic (exact) mass is 588 g/mol. The van der Waals surface area contributed by atoms with Crippen LogP contribution in [-0.2, 0) is 11.2 Å². The second-order valence-corrected chi connectivity index (χ2v) is 10.5. The number of aliphatic carboxylic acids is 1. The van der Waals surface area contributed by atoms with Crippen LogP contribution in [0.5, 0.6) is 0 Å². The van der Waals surface area contributed by atoms with Crippen LogP contribution in [0.4, 0.5) is 16.8 Å². The van der Waals surface area contributed by atoms with Gasteiger partial charge in [0.25, 0.3) is 0 Å². The average Bonchev–Trinajstić information content (AvgIpc) is 3.49. The van der Waals surface area contributed by atoms with Crippen molar-refractivity contribution < 1.29 is 9.90 Å². The minimum atomic E-state index is -0.706. The van der Waals surface area contributed by atoms with Gasteiger partial charge in [0.2, 0.25) is 0 Å². The smallest absolute Gasteiger partial charge is 0.306 e. The number of thiazole rings is 1. The largest absolute Gasteiger partial charge is 0.481 e. The topological polar surface area (TPSA) is 86.9 Å². The van der Waals surface area contributed by atoms with Gasteiger partial charge in [-0.1, -0.05) is 19.1 Å². The zero-order chi connectivity index (χ0) is 23.8. The zero-order valence-corrected chi connectivity index (χ0v) is 22.0. The lowest BCUT2D eigenvalue weighted by molar-refractivity contribution is -0.142. The fourth-order valence-electron chi connectivity index (χ4n) is 4.32. The van der Waals surface area contributed by atoms with Gasteiger partial charge in [-0.2, -0.15) is 4.52 Å². The van der Waals surface area contributed by atoms with Crippen molar-refractivity contribution in [3.8, 4) is 11.3 Å².